The van der Waals surface area contributed by atoms with Gasteiger partial charge in [0, 0.05) is 35.4 Å². The predicted molar refractivity (Wildman–Crippen MR) is 124 cm³/mol. The molecule has 0 N–H and O–H groups in total. The Hall–Kier alpha value is -1.30. The van der Waals surface area contributed by atoms with E-state index in [4.69, 9.17) is 0 Å². The molecule has 2 aliphatic rings. The Morgan fingerprint density at radius 3 is 2.57 bits per heavy atom. The molecule has 2 aromatic rings. The second-order valence-electron chi connectivity index (χ2n) is 9.96. The molecule has 30 heavy (non-hydrogen) atoms. The van der Waals surface area contributed by atoms with Crippen molar-refractivity contribution in [1.82, 2.24) is 14.8 Å². The zero-order chi connectivity index (χ0) is 21.2. The first-order valence-corrected chi connectivity index (χ1v) is 12.3. The minimum Gasteiger partial charge on any atom is -0.303 e. The van der Waals surface area contributed by atoms with Crippen molar-refractivity contribution >= 4 is 11.3 Å². The number of halogens is 1. The topological polar surface area (TPSA) is 19.4 Å². The van der Waals surface area contributed by atoms with Crippen molar-refractivity contribution in [2.24, 2.45) is 5.41 Å². The number of pyridine rings is 1. The maximum atomic E-state index is 13.5. The molecule has 164 valence electrons. The van der Waals surface area contributed by atoms with E-state index in [-0.39, 0.29) is 16.1 Å². The summed E-state index contributed by atoms with van der Waals surface area (Å²) in [6.45, 7) is 12.6. The Kier molecular flexibility index (Phi) is 6.61. The number of aromatic nitrogens is 1. The van der Waals surface area contributed by atoms with Crippen molar-refractivity contribution in [3.63, 3.8) is 0 Å². The van der Waals surface area contributed by atoms with E-state index in [1.165, 1.54) is 67.1 Å². The molecular formula is C25H36FN3S. The molecule has 4 heterocycles. The Labute approximate surface area is 185 Å². The molecule has 0 aliphatic carbocycles. The van der Waals surface area contributed by atoms with Gasteiger partial charge in [0.05, 0.1) is 0 Å². The van der Waals surface area contributed by atoms with Crippen LogP contribution in [0.1, 0.15) is 62.1 Å². The van der Waals surface area contributed by atoms with Crippen LogP contribution in [0.4, 0.5) is 4.39 Å². The quantitative estimate of drug-likeness (QED) is 0.568. The standard InChI is InChI=1S/C25H36FN3S/c1-20-7-8-21(17-27-20)24(2,3)29-16-13-25(19-29,18-28-14-5-4-6-15-28)12-11-22-9-10-23(26)30-22/h7-10,17H,4-6,11-16,18-19H2,1-3H3. The zero-order valence-electron chi connectivity index (χ0n) is 18.8. The van der Waals surface area contributed by atoms with Crippen LogP contribution in [0.5, 0.6) is 0 Å². The van der Waals surface area contributed by atoms with Crippen LogP contribution < -0.4 is 0 Å². The zero-order valence-corrected chi connectivity index (χ0v) is 19.6. The number of aryl methyl sites for hydroxylation is 2. The number of hydrogen-bond acceptors (Lipinski definition) is 4. The van der Waals surface area contributed by atoms with E-state index in [1.807, 2.05) is 19.2 Å². The van der Waals surface area contributed by atoms with E-state index >= 15 is 0 Å². The smallest absolute Gasteiger partial charge is 0.176 e. The molecule has 2 saturated heterocycles. The van der Waals surface area contributed by atoms with Gasteiger partial charge in [-0.1, -0.05) is 12.5 Å². The summed E-state index contributed by atoms with van der Waals surface area (Å²) in [4.78, 5) is 11.1. The summed E-state index contributed by atoms with van der Waals surface area (Å²) >= 11 is 1.32. The summed E-state index contributed by atoms with van der Waals surface area (Å²) in [5, 5.41) is -0.0591. The van der Waals surface area contributed by atoms with Crippen molar-refractivity contribution in [1.29, 1.82) is 0 Å². The highest BCUT2D eigenvalue weighted by Gasteiger charge is 2.44. The molecule has 0 amide bonds. The molecule has 0 bridgehead atoms. The molecule has 0 radical (unpaired) electrons. The molecule has 3 nitrogen and oxygen atoms in total. The maximum Gasteiger partial charge on any atom is 0.176 e. The van der Waals surface area contributed by atoms with Gasteiger partial charge < -0.3 is 4.90 Å². The summed E-state index contributed by atoms with van der Waals surface area (Å²) < 4.78 is 13.5. The summed E-state index contributed by atoms with van der Waals surface area (Å²) in [6, 6.07) is 7.95. The first kappa shape index (κ1) is 21.9. The average molecular weight is 430 g/mol. The van der Waals surface area contributed by atoms with Gasteiger partial charge in [0.15, 0.2) is 5.13 Å². The van der Waals surface area contributed by atoms with Crippen LogP contribution in [-0.2, 0) is 12.0 Å². The third kappa shape index (κ3) is 4.95. The largest absolute Gasteiger partial charge is 0.303 e. The summed E-state index contributed by atoms with van der Waals surface area (Å²) in [5.74, 6) is 0. The maximum absolute atomic E-state index is 13.5. The summed E-state index contributed by atoms with van der Waals surface area (Å²) in [7, 11) is 0. The highest BCUT2D eigenvalue weighted by molar-refractivity contribution is 7.10. The second kappa shape index (κ2) is 9.05. The lowest BCUT2D eigenvalue weighted by Crippen LogP contribution is -2.45. The molecule has 0 aromatic carbocycles. The first-order chi connectivity index (χ1) is 14.4. The lowest BCUT2D eigenvalue weighted by Gasteiger charge is -2.40. The molecule has 4 rings (SSSR count). The van der Waals surface area contributed by atoms with E-state index in [1.54, 1.807) is 6.07 Å². The van der Waals surface area contributed by atoms with Gasteiger partial charge in [-0.3, -0.25) is 9.88 Å². The van der Waals surface area contributed by atoms with Crippen LogP contribution in [0.15, 0.2) is 30.5 Å². The van der Waals surface area contributed by atoms with Crippen molar-refractivity contribution in [3.8, 4) is 0 Å². The second-order valence-corrected chi connectivity index (χ2v) is 11.1. The van der Waals surface area contributed by atoms with Crippen LogP contribution in [-0.4, -0.2) is 47.5 Å². The van der Waals surface area contributed by atoms with E-state index in [9.17, 15) is 4.39 Å². The minimum atomic E-state index is -0.0591. The van der Waals surface area contributed by atoms with Crippen molar-refractivity contribution < 1.29 is 4.39 Å². The third-order valence-electron chi connectivity index (χ3n) is 7.38. The predicted octanol–water partition coefficient (Wildman–Crippen LogP) is 5.64. The van der Waals surface area contributed by atoms with Crippen molar-refractivity contribution in [2.75, 3.05) is 32.7 Å². The minimum absolute atomic E-state index is 0.0284. The molecule has 0 spiro atoms. The Morgan fingerprint density at radius 2 is 1.90 bits per heavy atom. The fourth-order valence-electron chi connectivity index (χ4n) is 5.30. The number of thiophene rings is 1. The van der Waals surface area contributed by atoms with Crippen LogP contribution in [0.25, 0.3) is 0 Å². The van der Waals surface area contributed by atoms with E-state index in [2.05, 4.69) is 40.8 Å². The molecule has 1 atom stereocenters. The van der Waals surface area contributed by atoms with E-state index < -0.39 is 0 Å². The number of likely N-dealkylation sites (tertiary alicyclic amines) is 2. The Morgan fingerprint density at radius 1 is 1.10 bits per heavy atom. The Balaban J connectivity index is 1.51. The van der Waals surface area contributed by atoms with E-state index in [0.29, 0.717) is 0 Å². The lowest BCUT2D eigenvalue weighted by molar-refractivity contribution is 0.0924. The fraction of sp³-hybridized carbons (Fsp3) is 0.640. The molecular weight excluding hydrogens is 393 g/mol. The molecule has 2 fully saturated rings. The lowest BCUT2D eigenvalue weighted by atomic mass is 9.80. The number of hydrogen-bond donors (Lipinski definition) is 0. The monoisotopic (exact) mass is 429 g/mol. The van der Waals surface area contributed by atoms with Gasteiger partial charge >= 0.3 is 0 Å². The van der Waals surface area contributed by atoms with Gasteiger partial charge in [0.1, 0.15) is 0 Å². The van der Waals surface area contributed by atoms with Gasteiger partial charge in [-0.25, -0.2) is 0 Å². The van der Waals surface area contributed by atoms with Crippen molar-refractivity contribution in [2.45, 2.75) is 64.8 Å². The van der Waals surface area contributed by atoms with Crippen LogP contribution in [0.2, 0.25) is 0 Å². The summed E-state index contributed by atoms with van der Waals surface area (Å²) in [5.41, 5.74) is 2.62. The first-order valence-electron chi connectivity index (χ1n) is 11.5. The van der Waals surface area contributed by atoms with Gasteiger partial charge in [-0.2, -0.15) is 4.39 Å². The van der Waals surface area contributed by atoms with Gasteiger partial charge in [0.25, 0.3) is 0 Å². The van der Waals surface area contributed by atoms with Crippen LogP contribution in [0, 0.1) is 17.5 Å². The molecule has 5 heteroatoms. The fourth-order valence-corrected chi connectivity index (χ4v) is 6.03. The van der Waals surface area contributed by atoms with Gasteiger partial charge in [-0.05, 0) is 102 Å². The van der Waals surface area contributed by atoms with Gasteiger partial charge in [0.2, 0.25) is 0 Å². The molecule has 2 aromatic heterocycles. The highest BCUT2D eigenvalue weighted by Crippen LogP contribution is 2.42. The van der Waals surface area contributed by atoms with Gasteiger partial charge in [-0.15, -0.1) is 11.3 Å². The third-order valence-corrected chi connectivity index (χ3v) is 8.32. The van der Waals surface area contributed by atoms with Crippen molar-refractivity contribution in [3.05, 3.63) is 51.7 Å². The average Bonchev–Trinajstić information content (AvgIpc) is 3.35. The SMILES string of the molecule is Cc1ccc(C(C)(C)N2CCC(CCc3ccc(F)s3)(CN3CCCCC3)C2)cn1. The molecule has 2 aliphatic heterocycles. The van der Waals surface area contributed by atoms with Crippen LogP contribution in [0.3, 0.4) is 0 Å². The highest BCUT2D eigenvalue weighted by atomic mass is 32.1. The number of piperidine rings is 1. The van der Waals surface area contributed by atoms with E-state index in [0.717, 1.165) is 31.6 Å². The number of nitrogens with zero attached hydrogens (tertiary/aromatic N) is 3. The Bertz CT molecular complexity index is 825. The molecule has 0 saturated carbocycles. The summed E-state index contributed by atoms with van der Waals surface area (Å²) in [6.07, 6.45) is 9.43. The molecule has 1 unspecified atom stereocenters. The normalized spacial score (nSPS) is 23.9. The number of rotatable bonds is 7. The van der Waals surface area contributed by atoms with Crippen LogP contribution >= 0.6 is 11.3 Å².